The number of pyridine rings is 1. The summed E-state index contributed by atoms with van der Waals surface area (Å²) in [5, 5.41) is 2.83. The normalized spacial score (nSPS) is 13.9. The lowest BCUT2D eigenvalue weighted by Crippen LogP contribution is -2.50. The van der Waals surface area contributed by atoms with Gasteiger partial charge in [0.15, 0.2) is 0 Å². The Morgan fingerprint density at radius 1 is 1.12 bits per heavy atom. The Morgan fingerprint density at radius 2 is 1.84 bits per heavy atom. The second-order valence-electron chi connectivity index (χ2n) is 6.87. The number of fused-ring (bicyclic) bond motifs is 1. The number of hydrogen-bond acceptors (Lipinski definition) is 3. The molecule has 130 valence electrons. The van der Waals surface area contributed by atoms with Gasteiger partial charge in [-0.05, 0) is 43.5 Å². The van der Waals surface area contributed by atoms with E-state index in [2.05, 4.69) is 16.4 Å². The van der Waals surface area contributed by atoms with Gasteiger partial charge in [0.25, 0.3) is 0 Å². The van der Waals surface area contributed by atoms with Gasteiger partial charge in [0, 0.05) is 19.3 Å². The zero-order valence-electron chi connectivity index (χ0n) is 14.7. The number of nitrogens with one attached hydrogen (secondary N) is 1. The molecule has 1 aliphatic heterocycles. The van der Waals surface area contributed by atoms with Crippen molar-refractivity contribution in [3.05, 3.63) is 65.5 Å². The van der Waals surface area contributed by atoms with E-state index in [4.69, 9.17) is 0 Å². The van der Waals surface area contributed by atoms with Gasteiger partial charge in [-0.15, -0.1) is 0 Å². The van der Waals surface area contributed by atoms with Crippen LogP contribution in [0.15, 0.2) is 48.7 Å². The molecule has 2 heterocycles. The summed E-state index contributed by atoms with van der Waals surface area (Å²) < 4.78 is 0. The van der Waals surface area contributed by atoms with Crippen LogP contribution in [0.3, 0.4) is 0 Å². The van der Waals surface area contributed by atoms with Crippen molar-refractivity contribution in [3.63, 3.8) is 0 Å². The van der Waals surface area contributed by atoms with Crippen LogP contribution in [-0.4, -0.2) is 28.2 Å². The summed E-state index contributed by atoms with van der Waals surface area (Å²) in [6.45, 7) is 4.89. The summed E-state index contributed by atoms with van der Waals surface area (Å²) in [7, 11) is 0. The number of hydrogen-bond donors (Lipinski definition) is 1. The molecule has 0 radical (unpaired) electrons. The molecular formula is C20H23N3O2. The van der Waals surface area contributed by atoms with E-state index >= 15 is 0 Å². The van der Waals surface area contributed by atoms with Crippen LogP contribution >= 0.6 is 0 Å². The van der Waals surface area contributed by atoms with E-state index in [9.17, 15) is 9.59 Å². The molecular weight excluding hydrogens is 314 g/mol. The molecule has 0 saturated carbocycles. The molecule has 0 aliphatic carbocycles. The monoisotopic (exact) mass is 337 g/mol. The van der Waals surface area contributed by atoms with Gasteiger partial charge in [0.2, 0.25) is 11.8 Å². The molecule has 1 aliphatic rings. The summed E-state index contributed by atoms with van der Waals surface area (Å²) in [5.41, 5.74) is 2.10. The fraction of sp³-hybridized carbons (Fsp3) is 0.350. The molecule has 0 fully saturated rings. The molecule has 2 aromatic rings. The van der Waals surface area contributed by atoms with Crippen molar-refractivity contribution in [1.82, 2.24) is 15.2 Å². The minimum absolute atomic E-state index is 0.138. The molecule has 0 saturated heterocycles. The molecule has 1 aromatic heterocycles. The zero-order valence-corrected chi connectivity index (χ0v) is 14.7. The van der Waals surface area contributed by atoms with Crippen LogP contribution in [0.1, 0.15) is 30.7 Å². The van der Waals surface area contributed by atoms with Gasteiger partial charge in [-0.1, -0.05) is 30.3 Å². The van der Waals surface area contributed by atoms with E-state index in [0.717, 1.165) is 17.7 Å². The number of rotatable bonds is 4. The molecule has 5 nitrogen and oxygen atoms in total. The highest BCUT2D eigenvalue weighted by atomic mass is 16.2. The second-order valence-corrected chi connectivity index (χ2v) is 6.87. The summed E-state index contributed by atoms with van der Waals surface area (Å²) in [6, 6.07) is 13.7. The molecule has 2 amide bonds. The van der Waals surface area contributed by atoms with E-state index < -0.39 is 5.41 Å². The van der Waals surface area contributed by atoms with E-state index in [1.807, 2.05) is 36.4 Å². The van der Waals surface area contributed by atoms with Gasteiger partial charge < -0.3 is 10.2 Å². The molecule has 0 bridgehead atoms. The van der Waals surface area contributed by atoms with Crippen LogP contribution in [-0.2, 0) is 29.1 Å². The highest BCUT2D eigenvalue weighted by Crippen LogP contribution is 2.25. The molecule has 1 N–H and O–H groups in total. The highest BCUT2D eigenvalue weighted by molar-refractivity contribution is 6.04. The maximum atomic E-state index is 12.9. The average molecular weight is 337 g/mol. The Kier molecular flexibility index (Phi) is 4.83. The summed E-state index contributed by atoms with van der Waals surface area (Å²) in [6.07, 6.45) is 2.51. The fourth-order valence-electron chi connectivity index (χ4n) is 3.06. The first kappa shape index (κ1) is 17.1. The predicted octanol–water partition coefficient (Wildman–Crippen LogP) is 2.31. The Bertz CT molecular complexity index is 772. The first-order valence-corrected chi connectivity index (χ1v) is 8.53. The van der Waals surface area contributed by atoms with Gasteiger partial charge in [0.1, 0.15) is 5.41 Å². The minimum Gasteiger partial charge on any atom is -0.350 e. The third-order valence-corrected chi connectivity index (χ3v) is 4.68. The Morgan fingerprint density at radius 3 is 2.56 bits per heavy atom. The lowest BCUT2D eigenvalue weighted by atomic mass is 9.88. The van der Waals surface area contributed by atoms with Gasteiger partial charge in [-0.2, -0.15) is 0 Å². The van der Waals surface area contributed by atoms with Crippen LogP contribution in [0.4, 0.5) is 0 Å². The van der Waals surface area contributed by atoms with E-state index in [0.29, 0.717) is 19.6 Å². The number of carbonyl (C=O) groups is 2. The van der Waals surface area contributed by atoms with Crippen LogP contribution in [0, 0.1) is 5.41 Å². The number of carbonyl (C=O) groups excluding carboxylic acids is 2. The Labute approximate surface area is 148 Å². The van der Waals surface area contributed by atoms with Gasteiger partial charge in [-0.3, -0.25) is 14.6 Å². The van der Waals surface area contributed by atoms with E-state index in [-0.39, 0.29) is 11.8 Å². The smallest absolute Gasteiger partial charge is 0.238 e. The number of aromatic nitrogens is 1. The highest BCUT2D eigenvalue weighted by Gasteiger charge is 2.39. The van der Waals surface area contributed by atoms with E-state index in [1.54, 1.807) is 24.9 Å². The topological polar surface area (TPSA) is 62.3 Å². The molecule has 0 atom stereocenters. The average Bonchev–Trinajstić information content (AvgIpc) is 2.65. The van der Waals surface area contributed by atoms with Gasteiger partial charge in [0.05, 0.1) is 12.2 Å². The molecule has 0 unspecified atom stereocenters. The van der Waals surface area contributed by atoms with Crippen molar-refractivity contribution in [3.8, 4) is 0 Å². The SMILES string of the molecule is CC(C)(C(=O)NCc1ccccn1)C(=O)N1CCc2ccccc2C1. The minimum atomic E-state index is -1.11. The second kappa shape index (κ2) is 7.05. The lowest BCUT2D eigenvalue weighted by molar-refractivity contribution is -0.149. The quantitative estimate of drug-likeness (QED) is 0.871. The third kappa shape index (κ3) is 3.71. The number of nitrogens with zero attached hydrogens (tertiary/aromatic N) is 2. The van der Waals surface area contributed by atoms with Crippen LogP contribution in [0.5, 0.6) is 0 Å². The third-order valence-electron chi connectivity index (χ3n) is 4.68. The van der Waals surface area contributed by atoms with Crippen LogP contribution in [0.2, 0.25) is 0 Å². The zero-order chi connectivity index (χ0) is 17.9. The predicted molar refractivity (Wildman–Crippen MR) is 95.4 cm³/mol. The fourth-order valence-corrected chi connectivity index (χ4v) is 3.06. The maximum absolute atomic E-state index is 12.9. The van der Waals surface area contributed by atoms with Crippen molar-refractivity contribution in [2.45, 2.75) is 33.4 Å². The number of amides is 2. The Hall–Kier alpha value is -2.69. The Balaban J connectivity index is 1.65. The van der Waals surface area contributed by atoms with Crippen molar-refractivity contribution in [1.29, 1.82) is 0 Å². The van der Waals surface area contributed by atoms with Gasteiger partial charge in [-0.25, -0.2) is 0 Å². The van der Waals surface area contributed by atoms with Gasteiger partial charge >= 0.3 is 0 Å². The maximum Gasteiger partial charge on any atom is 0.238 e. The van der Waals surface area contributed by atoms with Crippen LogP contribution < -0.4 is 5.32 Å². The standard InChI is InChI=1S/C20H23N3O2/c1-20(2,18(24)22-13-17-9-5-6-11-21-17)19(25)23-12-10-15-7-3-4-8-16(15)14-23/h3-9,11H,10,12-14H2,1-2H3,(H,22,24). The largest absolute Gasteiger partial charge is 0.350 e. The molecule has 5 heteroatoms. The molecule has 25 heavy (non-hydrogen) atoms. The van der Waals surface area contributed by atoms with E-state index in [1.165, 1.54) is 5.56 Å². The summed E-state index contributed by atoms with van der Waals surface area (Å²) in [5.74, 6) is -0.414. The van der Waals surface area contributed by atoms with Crippen molar-refractivity contribution in [2.24, 2.45) is 5.41 Å². The van der Waals surface area contributed by atoms with Crippen molar-refractivity contribution < 1.29 is 9.59 Å². The summed E-state index contributed by atoms with van der Waals surface area (Å²) >= 11 is 0. The first-order valence-electron chi connectivity index (χ1n) is 8.53. The summed E-state index contributed by atoms with van der Waals surface area (Å²) in [4.78, 5) is 31.5. The first-order chi connectivity index (χ1) is 12.0. The number of benzene rings is 1. The van der Waals surface area contributed by atoms with Crippen molar-refractivity contribution in [2.75, 3.05) is 6.54 Å². The molecule has 0 spiro atoms. The lowest BCUT2D eigenvalue weighted by Gasteiger charge is -2.34. The van der Waals surface area contributed by atoms with Crippen molar-refractivity contribution >= 4 is 11.8 Å². The molecule has 1 aromatic carbocycles. The molecule has 3 rings (SSSR count). The van der Waals surface area contributed by atoms with Crippen LogP contribution in [0.25, 0.3) is 0 Å².